The molecular formula is C15H15NO6. The molecule has 0 aliphatic carbocycles. The number of nitrogens with zero attached hydrogens (tertiary/aromatic N) is 1. The van der Waals surface area contributed by atoms with Crippen molar-refractivity contribution >= 4 is 5.97 Å². The highest BCUT2D eigenvalue weighted by Gasteiger charge is 2.23. The summed E-state index contributed by atoms with van der Waals surface area (Å²) in [5.41, 5.74) is 0.993. The minimum Gasteiger partial charge on any atom is -0.493 e. The minimum atomic E-state index is -1.17. The standard InChI is InChI=1S/C15H15NO6/c1-19-12-4-2-3-10(11-7-13(15(17)18)22-16-11)14(12)21-9-5-6-20-8-9/h2-4,7,9H,5-6,8H2,1H3,(H,17,18). The monoisotopic (exact) mass is 305 g/mol. The van der Waals surface area contributed by atoms with Gasteiger partial charge in [-0.05, 0) is 12.1 Å². The van der Waals surface area contributed by atoms with Gasteiger partial charge in [0.15, 0.2) is 11.5 Å². The molecule has 22 heavy (non-hydrogen) atoms. The van der Waals surface area contributed by atoms with Gasteiger partial charge in [-0.15, -0.1) is 0 Å². The minimum absolute atomic E-state index is 0.0686. The molecule has 1 aliphatic heterocycles. The number of carboxylic acid groups (broad SMARTS) is 1. The topological polar surface area (TPSA) is 91.0 Å². The van der Waals surface area contributed by atoms with E-state index in [1.165, 1.54) is 6.07 Å². The Morgan fingerprint density at radius 1 is 1.45 bits per heavy atom. The van der Waals surface area contributed by atoms with Gasteiger partial charge in [0.25, 0.3) is 0 Å². The molecule has 2 heterocycles. The van der Waals surface area contributed by atoms with Crippen LogP contribution in [-0.4, -0.2) is 42.7 Å². The van der Waals surface area contributed by atoms with Crippen molar-refractivity contribution in [2.24, 2.45) is 0 Å². The van der Waals surface area contributed by atoms with Crippen molar-refractivity contribution in [3.05, 3.63) is 30.0 Å². The molecule has 7 heteroatoms. The average molecular weight is 305 g/mol. The van der Waals surface area contributed by atoms with Gasteiger partial charge in [-0.25, -0.2) is 4.79 Å². The molecule has 1 atom stereocenters. The number of rotatable bonds is 5. The number of benzene rings is 1. The first-order valence-electron chi connectivity index (χ1n) is 6.81. The SMILES string of the molecule is COc1cccc(-c2cc(C(=O)O)on2)c1OC1CCOC1. The maximum atomic E-state index is 10.9. The predicted octanol–water partition coefficient (Wildman–Crippen LogP) is 2.22. The number of carbonyl (C=O) groups is 1. The summed E-state index contributed by atoms with van der Waals surface area (Å²) in [6, 6.07) is 6.68. The van der Waals surface area contributed by atoms with Crippen molar-refractivity contribution in [1.29, 1.82) is 0 Å². The molecule has 2 aromatic rings. The number of hydrogen-bond donors (Lipinski definition) is 1. The Hall–Kier alpha value is -2.54. The van der Waals surface area contributed by atoms with Crippen LogP contribution in [0, 0.1) is 0 Å². The molecule has 1 aromatic carbocycles. The normalized spacial score (nSPS) is 17.4. The lowest BCUT2D eigenvalue weighted by molar-refractivity contribution is 0.0652. The summed E-state index contributed by atoms with van der Waals surface area (Å²) in [5.74, 6) is -0.351. The summed E-state index contributed by atoms with van der Waals surface area (Å²) in [7, 11) is 1.54. The van der Waals surface area contributed by atoms with Crippen LogP contribution in [0.4, 0.5) is 0 Å². The molecule has 1 fully saturated rings. The van der Waals surface area contributed by atoms with Crippen LogP contribution < -0.4 is 9.47 Å². The van der Waals surface area contributed by atoms with E-state index in [4.69, 9.17) is 23.8 Å². The van der Waals surface area contributed by atoms with Crippen LogP contribution in [-0.2, 0) is 4.74 Å². The Labute approximate surface area is 126 Å². The third-order valence-electron chi connectivity index (χ3n) is 3.37. The number of methoxy groups -OCH3 is 1. The second-order valence-corrected chi connectivity index (χ2v) is 4.82. The van der Waals surface area contributed by atoms with Gasteiger partial charge >= 0.3 is 5.97 Å². The zero-order valence-electron chi connectivity index (χ0n) is 11.9. The summed E-state index contributed by atoms with van der Waals surface area (Å²) >= 11 is 0. The van der Waals surface area contributed by atoms with Crippen molar-refractivity contribution in [2.45, 2.75) is 12.5 Å². The van der Waals surface area contributed by atoms with Crippen LogP contribution >= 0.6 is 0 Å². The molecule has 1 saturated heterocycles. The van der Waals surface area contributed by atoms with E-state index in [1.807, 2.05) is 0 Å². The van der Waals surface area contributed by atoms with Crippen molar-refractivity contribution < 1.29 is 28.6 Å². The van der Waals surface area contributed by atoms with Gasteiger partial charge in [0.05, 0.1) is 20.3 Å². The van der Waals surface area contributed by atoms with Gasteiger partial charge in [0, 0.05) is 18.1 Å². The summed E-state index contributed by atoms with van der Waals surface area (Å²) in [5, 5.41) is 12.7. The van der Waals surface area contributed by atoms with Gasteiger partial charge in [-0.2, -0.15) is 0 Å². The zero-order chi connectivity index (χ0) is 15.5. The Kier molecular flexibility index (Phi) is 3.97. The molecule has 116 valence electrons. The molecule has 1 N–H and O–H groups in total. The molecule has 0 saturated carbocycles. The van der Waals surface area contributed by atoms with E-state index >= 15 is 0 Å². The number of hydrogen-bond acceptors (Lipinski definition) is 6. The van der Waals surface area contributed by atoms with E-state index in [-0.39, 0.29) is 11.9 Å². The van der Waals surface area contributed by atoms with E-state index in [0.29, 0.717) is 36.0 Å². The maximum Gasteiger partial charge on any atom is 0.374 e. The maximum absolute atomic E-state index is 10.9. The van der Waals surface area contributed by atoms with Gasteiger partial charge < -0.3 is 23.8 Å². The molecule has 1 aromatic heterocycles. The van der Waals surface area contributed by atoms with Crippen LogP contribution in [0.5, 0.6) is 11.5 Å². The van der Waals surface area contributed by atoms with Crippen molar-refractivity contribution in [2.75, 3.05) is 20.3 Å². The number of ether oxygens (including phenoxy) is 3. The number of aromatic nitrogens is 1. The zero-order valence-corrected chi connectivity index (χ0v) is 11.9. The lowest BCUT2D eigenvalue weighted by Crippen LogP contribution is -2.16. The third-order valence-corrected chi connectivity index (χ3v) is 3.37. The van der Waals surface area contributed by atoms with Crippen molar-refractivity contribution in [3.63, 3.8) is 0 Å². The van der Waals surface area contributed by atoms with E-state index in [1.54, 1.807) is 25.3 Å². The van der Waals surface area contributed by atoms with E-state index in [9.17, 15) is 4.79 Å². The fraction of sp³-hybridized carbons (Fsp3) is 0.333. The fourth-order valence-corrected chi connectivity index (χ4v) is 2.28. The van der Waals surface area contributed by atoms with Crippen molar-refractivity contribution in [1.82, 2.24) is 5.16 Å². The smallest absolute Gasteiger partial charge is 0.374 e. The molecule has 3 rings (SSSR count). The average Bonchev–Trinajstić information content (AvgIpc) is 3.18. The molecule has 0 bridgehead atoms. The first-order chi connectivity index (χ1) is 10.7. The molecule has 1 unspecified atom stereocenters. The lowest BCUT2D eigenvalue weighted by atomic mass is 10.1. The quantitative estimate of drug-likeness (QED) is 0.905. The highest BCUT2D eigenvalue weighted by atomic mass is 16.6. The van der Waals surface area contributed by atoms with Gasteiger partial charge in [0.2, 0.25) is 5.76 Å². The van der Waals surface area contributed by atoms with Crippen LogP contribution in [0.1, 0.15) is 17.0 Å². The third kappa shape index (κ3) is 2.75. The number of carboxylic acids is 1. The van der Waals surface area contributed by atoms with Crippen LogP contribution in [0.3, 0.4) is 0 Å². The molecule has 1 aliphatic rings. The molecule has 0 amide bonds. The highest BCUT2D eigenvalue weighted by Crippen LogP contribution is 2.39. The van der Waals surface area contributed by atoms with Crippen LogP contribution in [0.25, 0.3) is 11.3 Å². The number of para-hydroxylation sites is 1. The first kappa shape index (κ1) is 14.4. The second kappa shape index (κ2) is 6.07. The Balaban J connectivity index is 1.99. The second-order valence-electron chi connectivity index (χ2n) is 4.82. The van der Waals surface area contributed by atoms with Gasteiger partial charge in [-0.3, -0.25) is 0 Å². The van der Waals surface area contributed by atoms with Crippen LogP contribution in [0.15, 0.2) is 28.8 Å². The molecule has 0 spiro atoms. The highest BCUT2D eigenvalue weighted by molar-refractivity contribution is 5.86. The van der Waals surface area contributed by atoms with E-state index in [0.717, 1.165) is 6.42 Å². The first-order valence-corrected chi connectivity index (χ1v) is 6.81. The van der Waals surface area contributed by atoms with Crippen molar-refractivity contribution in [3.8, 4) is 22.8 Å². The summed E-state index contributed by atoms with van der Waals surface area (Å²) < 4.78 is 21.4. The van der Waals surface area contributed by atoms with E-state index in [2.05, 4.69) is 5.16 Å². The summed E-state index contributed by atoms with van der Waals surface area (Å²) in [6.07, 6.45) is 0.720. The molecule has 7 nitrogen and oxygen atoms in total. The van der Waals surface area contributed by atoms with Gasteiger partial charge in [0.1, 0.15) is 11.8 Å². The summed E-state index contributed by atoms with van der Waals surface area (Å²) in [4.78, 5) is 10.9. The Bertz CT molecular complexity index is 674. The fourth-order valence-electron chi connectivity index (χ4n) is 2.28. The predicted molar refractivity (Wildman–Crippen MR) is 75.3 cm³/mol. The molecular weight excluding hydrogens is 290 g/mol. The number of aromatic carboxylic acids is 1. The van der Waals surface area contributed by atoms with E-state index < -0.39 is 5.97 Å². The molecule has 0 radical (unpaired) electrons. The van der Waals surface area contributed by atoms with Gasteiger partial charge in [-0.1, -0.05) is 11.2 Å². The van der Waals surface area contributed by atoms with Crippen LogP contribution in [0.2, 0.25) is 0 Å². The lowest BCUT2D eigenvalue weighted by Gasteiger charge is -2.17. The Morgan fingerprint density at radius 2 is 2.32 bits per heavy atom. The Morgan fingerprint density at radius 3 is 2.95 bits per heavy atom. The summed E-state index contributed by atoms with van der Waals surface area (Å²) in [6.45, 7) is 1.17. The largest absolute Gasteiger partial charge is 0.493 e.